The average Bonchev–Trinajstić information content (AvgIpc) is 2.39. The lowest BCUT2D eigenvalue weighted by Crippen LogP contribution is -2.39. The third kappa shape index (κ3) is 4.29. The van der Waals surface area contributed by atoms with Crippen LogP contribution in [-0.4, -0.2) is 47.1 Å². The van der Waals surface area contributed by atoms with Crippen LogP contribution >= 0.6 is 0 Å². The lowest BCUT2D eigenvalue weighted by Gasteiger charge is -2.28. The molecular weight excluding hydrogens is 232 g/mol. The fraction of sp³-hybridized carbons (Fsp3) is 0.846. The second-order valence-corrected chi connectivity index (χ2v) is 4.92. The summed E-state index contributed by atoms with van der Waals surface area (Å²) in [4.78, 5) is 25.3. The first-order chi connectivity index (χ1) is 8.56. The van der Waals surface area contributed by atoms with E-state index in [0.29, 0.717) is 18.2 Å². The van der Waals surface area contributed by atoms with Gasteiger partial charge in [0.25, 0.3) is 0 Å². The monoisotopic (exact) mass is 256 g/mol. The molecule has 0 radical (unpaired) electrons. The van der Waals surface area contributed by atoms with Gasteiger partial charge in [-0.2, -0.15) is 0 Å². The van der Waals surface area contributed by atoms with Crippen molar-refractivity contribution in [3.05, 3.63) is 0 Å². The molecule has 0 atom stereocenters. The molecule has 1 N–H and O–H groups in total. The fourth-order valence-electron chi connectivity index (χ4n) is 2.42. The van der Waals surface area contributed by atoms with Gasteiger partial charge in [-0.05, 0) is 19.8 Å². The minimum atomic E-state index is -0.357. The molecule has 1 aliphatic carbocycles. The van der Waals surface area contributed by atoms with Gasteiger partial charge in [0.1, 0.15) is 0 Å². The third-order valence-electron chi connectivity index (χ3n) is 3.60. The molecule has 0 aromatic rings. The molecule has 0 unspecified atom stereocenters. The van der Waals surface area contributed by atoms with Crippen molar-refractivity contribution in [3.8, 4) is 0 Å². The van der Waals surface area contributed by atoms with Gasteiger partial charge < -0.3 is 4.90 Å². The summed E-state index contributed by atoms with van der Waals surface area (Å²) in [5, 5.41) is 9.56. The Morgan fingerprint density at radius 1 is 1.22 bits per heavy atom. The van der Waals surface area contributed by atoms with Crippen LogP contribution in [0.25, 0.3) is 0 Å². The van der Waals surface area contributed by atoms with Crippen LogP contribution in [0, 0.1) is 5.92 Å². The van der Waals surface area contributed by atoms with Crippen molar-refractivity contribution in [2.24, 2.45) is 5.92 Å². The summed E-state index contributed by atoms with van der Waals surface area (Å²) in [6, 6.07) is 0. The number of carbonyl (C=O) groups is 2. The molecule has 0 heterocycles. The van der Waals surface area contributed by atoms with Crippen LogP contribution in [0.3, 0.4) is 0 Å². The van der Waals surface area contributed by atoms with Crippen molar-refractivity contribution < 1.29 is 14.8 Å². The van der Waals surface area contributed by atoms with Gasteiger partial charge >= 0.3 is 0 Å². The maximum Gasteiger partial charge on any atom is 0.247 e. The number of nitrogens with zero attached hydrogens (tertiary/aromatic N) is 2. The second-order valence-electron chi connectivity index (χ2n) is 4.92. The normalized spacial score (nSPS) is 16.4. The summed E-state index contributed by atoms with van der Waals surface area (Å²) in [5.41, 5.74) is 0. The fourth-order valence-corrected chi connectivity index (χ4v) is 2.42. The van der Waals surface area contributed by atoms with Gasteiger partial charge in [0.15, 0.2) is 0 Å². The lowest BCUT2D eigenvalue weighted by atomic mass is 9.88. The molecule has 1 fully saturated rings. The molecule has 0 aliphatic heterocycles. The van der Waals surface area contributed by atoms with Crippen LogP contribution in [-0.2, 0) is 9.59 Å². The van der Waals surface area contributed by atoms with E-state index in [1.807, 2.05) is 6.92 Å². The SMILES string of the molecule is CCN(CCC(=O)N(C)O)C(=O)C1CCCCC1. The van der Waals surface area contributed by atoms with Crippen molar-refractivity contribution in [2.45, 2.75) is 45.4 Å². The van der Waals surface area contributed by atoms with Gasteiger partial charge in [-0.25, -0.2) is 5.06 Å². The van der Waals surface area contributed by atoms with E-state index in [0.717, 1.165) is 25.7 Å². The van der Waals surface area contributed by atoms with E-state index in [1.54, 1.807) is 4.90 Å². The highest BCUT2D eigenvalue weighted by Crippen LogP contribution is 2.25. The summed E-state index contributed by atoms with van der Waals surface area (Å²) in [5.74, 6) is -0.0452. The molecule has 0 spiro atoms. The van der Waals surface area contributed by atoms with E-state index in [9.17, 15) is 9.59 Å². The Bertz CT molecular complexity index is 286. The maximum absolute atomic E-state index is 12.3. The highest BCUT2D eigenvalue weighted by Gasteiger charge is 2.25. The van der Waals surface area contributed by atoms with Crippen molar-refractivity contribution in [2.75, 3.05) is 20.1 Å². The number of rotatable bonds is 5. The topological polar surface area (TPSA) is 60.9 Å². The van der Waals surface area contributed by atoms with Crippen LogP contribution in [0.2, 0.25) is 0 Å². The van der Waals surface area contributed by atoms with Gasteiger partial charge in [0.05, 0.1) is 0 Å². The molecule has 0 aromatic carbocycles. The second kappa shape index (κ2) is 7.36. The number of hydrogen-bond donors (Lipinski definition) is 1. The van der Waals surface area contributed by atoms with Crippen molar-refractivity contribution >= 4 is 11.8 Å². The summed E-state index contributed by atoms with van der Waals surface area (Å²) < 4.78 is 0. The van der Waals surface area contributed by atoms with Gasteiger partial charge in [-0.3, -0.25) is 14.8 Å². The van der Waals surface area contributed by atoms with Crippen LogP contribution in [0.1, 0.15) is 45.4 Å². The molecule has 104 valence electrons. The largest absolute Gasteiger partial charge is 0.342 e. The van der Waals surface area contributed by atoms with Gasteiger partial charge in [-0.15, -0.1) is 0 Å². The zero-order valence-electron chi connectivity index (χ0n) is 11.4. The molecule has 18 heavy (non-hydrogen) atoms. The van der Waals surface area contributed by atoms with Crippen LogP contribution in [0.4, 0.5) is 0 Å². The smallest absolute Gasteiger partial charge is 0.247 e. The van der Waals surface area contributed by atoms with Crippen molar-refractivity contribution in [1.29, 1.82) is 0 Å². The Labute approximate surface area is 109 Å². The summed E-state index contributed by atoms with van der Waals surface area (Å²) in [6.07, 6.45) is 5.62. The van der Waals surface area contributed by atoms with Gasteiger partial charge in [0, 0.05) is 32.5 Å². The van der Waals surface area contributed by atoms with Crippen molar-refractivity contribution in [1.82, 2.24) is 9.96 Å². The predicted octanol–water partition coefficient (Wildman–Crippen LogP) is 1.65. The summed E-state index contributed by atoms with van der Waals surface area (Å²) in [6.45, 7) is 2.95. The maximum atomic E-state index is 12.3. The van der Waals surface area contributed by atoms with Gasteiger partial charge in [-0.1, -0.05) is 19.3 Å². The molecule has 1 rings (SSSR count). The van der Waals surface area contributed by atoms with Gasteiger partial charge in [0.2, 0.25) is 11.8 Å². The lowest BCUT2D eigenvalue weighted by molar-refractivity contribution is -0.160. The molecule has 5 heteroatoms. The quantitative estimate of drug-likeness (QED) is 0.601. The zero-order chi connectivity index (χ0) is 13.5. The average molecular weight is 256 g/mol. The molecule has 0 saturated heterocycles. The first kappa shape index (κ1) is 15.0. The van der Waals surface area contributed by atoms with E-state index < -0.39 is 0 Å². The number of hydrogen-bond acceptors (Lipinski definition) is 3. The highest BCUT2D eigenvalue weighted by atomic mass is 16.5. The first-order valence-corrected chi connectivity index (χ1v) is 6.80. The third-order valence-corrected chi connectivity index (χ3v) is 3.60. The Morgan fingerprint density at radius 2 is 1.83 bits per heavy atom. The molecule has 5 nitrogen and oxygen atoms in total. The van der Waals surface area contributed by atoms with Crippen LogP contribution in [0.15, 0.2) is 0 Å². The molecule has 0 bridgehead atoms. The Kier molecular flexibility index (Phi) is 6.12. The molecule has 2 amide bonds. The minimum Gasteiger partial charge on any atom is -0.342 e. The molecule has 0 aromatic heterocycles. The number of hydroxylamine groups is 2. The minimum absolute atomic E-state index is 0.139. The molecule has 1 aliphatic rings. The Balaban J connectivity index is 2.44. The Morgan fingerprint density at radius 3 is 2.33 bits per heavy atom. The summed E-state index contributed by atoms with van der Waals surface area (Å²) >= 11 is 0. The number of amides is 2. The van der Waals surface area contributed by atoms with E-state index in [-0.39, 0.29) is 24.2 Å². The highest BCUT2D eigenvalue weighted by molar-refractivity contribution is 5.80. The molecule has 1 saturated carbocycles. The first-order valence-electron chi connectivity index (χ1n) is 6.80. The molecular formula is C13H24N2O3. The zero-order valence-corrected chi connectivity index (χ0v) is 11.4. The van der Waals surface area contributed by atoms with Crippen LogP contribution < -0.4 is 0 Å². The van der Waals surface area contributed by atoms with E-state index in [4.69, 9.17) is 5.21 Å². The van der Waals surface area contributed by atoms with E-state index >= 15 is 0 Å². The van der Waals surface area contributed by atoms with E-state index in [1.165, 1.54) is 13.5 Å². The van der Waals surface area contributed by atoms with E-state index in [2.05, 4.69) is 0 Å². The number of carbonyl (C=O) groups excluding carboxylic acids is 2. The summed E-state index contributed by atoms with van der Waals surface area (Å²) in [7, 11) is 1.31. The van der Waals surface area contributed by atoms with Crippen molar-refractivity contribution in [3.63, 3.8) is 0 Å². The predicted molar refractivity (Wildman–Crippen MR) is 68.0 cm³/mol. The Hall–Kier alpha value is -1.10. The van der Waals surface area contributed by atoms with Crippen LogP contribution in [0.5, 0.6) is 0 Å². The standard InChI is InChI=1S/C13H24N2O3/c1-3-15(10-9-12(16)14(2)18)13(17)11-7-5-4-6-8-11/h11,18H,3-10H2,1-2H3.